The highest BCUT2D eigenvalue weighted by molar-refractivity contribution is 7.10. The largest absolute Gasteiger partial charge is 0.366 e. The maximum absolute atomic E-state index is 10.6. The summed E-state index contributed by atoms with van der Waals surface area (Å²) in [6.07, 6.45) is 0.970. The minimum atomic E-state index is -0.337. The van der Waals surface area contributed by atoms with Crippen LogP contribution in [0.25, 0.3) is 0 Å². The fraction of sp³-hybridized carbons (Fsp3) is 0.286. The molecule has 1 rings (SSSR count). The summed E-state index contributed by atoms with van der Waals surface area (Å²) >= 11 is 1.58. The molecule has 0 aliphatic heterocycles. The number of hydrogen-bond acceptors (Lipinski definition) is 2. The second kappa shape index (κ2) is 2.84. The molecule has 1 aromatic heterocycles. The van der Waals surface area contributed by atoms with Crippen molar-refractivity contribution in [3.63, 3.8) is 0 Å². The van der Waals surface area contributed by atoms with Crippen molar-refractivity contribution in [1.82, 2.24) is 0 Å². The second-order valence-corrected chi connectivity index (χ2v) is 3.02. The molecule has 0 atom stereocenters. The molecule has 54 valence electrons. The molecule has 0 saturated heterocycles. The third kappa shape index (κ3) is 1.36. The summed E-state index contributed by atoms with van der Waals surface area (Å²) in [6.45, 7) is 2.05. The monoisotopic (exact) mass is 155 g/mol. The molecule has 0 unspecified atom stereocenters. The van der Waals surface area contributed by atoms with Crippen LogP contribution in [0.15, 0.2) is 11.4 Å². The van der Waals surface area contributed by atoms with Gasteiger partial charge in [-0.1, -0.05) is 6.92 Å². The van der Waals surface area contributed by atoms with Crippen molar-refractivity contribution in [1.29, 1.82) is 0 Å². The minimum Gasteiger partial charge on any atom is -0.366 e. The number of amides is 1. The van der Waals surface area contributed by atoms with E-state index in [9.17, 15) is 4.79 Å². The maximum Gasteiger partial charge on any atom is 0.249 e. The lowest BCUT2D eigenvalue weighted by Crippen LogP contribution is -2.09. The minimum absolute atomic E-state index is 0.337. The first-order valence-electron chi connectivity index (χ1n) is 3.11. The van der Waals surface area contributed by atoms with Crippen molar-refractivity contribution in [3.8, 4) is 0 Å². The van der Waals surface area contributed by atoms with E-state index in [4.69, 9.17) is 5.73 Å². The van der Waals surface area contributed by atoms with Crippen LogP contribution in [0.3, 0.4) is 0 Å². The average molecular weight is 155 g/mol. The van der Waals surface area contributed by atoms with Gasteiger partial charge in [-0.25, -0.2) is 0 Å². The Bertz CT molecular complexity index is 242. The molecule has 0 aromatic carbocycles. The van der Waals surface area contributed by atoms with E-state index in [2.05, 4.69) is 6.92 Å². The predicted molar refractivity (Wildman–Crippen MR) is 42.2 cm³/mol. The average Bonchev–Trinajstić information content (AvgIpc) is 2.34. The standard InChI is InChI=1S/C7H9NOS/c1-2-6-3-5(4-10-6)7(8)9/h3-4H,2H2,1H3,(H2,8,9). The molecule has 1 aromatic rings. The molecule has 2 N–H and O–H groups in total. The van der Waals surface area contributed by atoms with Crippen molar-refractivity contribution in [2.75, 3.05) is 0 Å². The number of hydrogen-bond donors (Lipinski definition) is 1. The van der Waals surface area contributed by atoms with Crippen molar-refractivity contribution in [2.45, 2.75) is 13.3 Å². The number of carbonyl (C=O) groups excluding carboxylic acids is 1. The van der Waals surface area contributed by atoms with Crippen molar-refractivity contribution < 1.29 is 4.79 Å². The predicted octanol–water partition coefficient (Wildman–Crippen LogP) is 1.41. The summed E-state index contributed by atoms with van der Waals surface area (Å²) in [4.78, 5) is 11.8. The molecule has 0 aliphatic rings. The zero-order valence-corrected chi connectivity index (χ0v) is 6.57. The summed E-state index contributed by atoms with van der Waals surface area (Å²) in [7, 11) is 0. The van der Waals surface area contributed by atoms with Crippen LogP contribution in [0.4, 0.5) is 0 Å². The van der Waals surface area contributed by atoms with Crippen LogP contribution >= 0.6 is 11.3 Å². The highest BCUT2D eigenvalue weighted by atomic mass is 32.1. The summed E-state index contributed by atoms with van der Waals surface area (Å²) in [5.41, 5.74) is 5.68. The van der Waals surface area contributed by atoms with Gasteiger partial charge in [0.15, 0.2) is 0 Å². The van der Waals surface area contributed by atoms with E-state index in [1.165, 1.54) is 4.88 Å². The van der Waals surface area contributed by atoms with Crippen LogP contribution < -0.4 is 5.73 Å². The normalized spacial score (nSPS) is 9.70. The first-order chi connectivity index (χ1) is 4.74. The lowest BCUT2D eigenvalue weighted by Gasteiger charge is -1.83. The Labute approximate surface area is 63.7 Å². The van der Waals surface area contributed by atoms with Gasteiger partial charge in [-0.2, -0.15) is 0 Å². The van der Waals surface area contributed by atoms with E-state index >= 15 is 0 Å². The molecule has 0 bridgehead atoms. The zero-order chi connectivity index (χ0) is 7.56. The molecule has 0 spiro atoms. The Morgan fingerprint density at radius 3 is 2.80 bits per heavy atom. The second-order valence-electron chi connectivity index (χ2n) is 2.02. The molecular formula is C7H9NOS. The first-order valence-corrected chi connectivity index (χ1v) is 3.99. The van der Waals surface area contributed by atoms with Gasteiger partial charge in [0.2, 0.25) is 5.91 Å². The van der Waals surface area contributed by atoms with E-state index < -0.39 is 0 Å². The molecule has 1 heterocycles. The van der Waals surface area contributed by atoms with E-state index in [1.807, 2.05) is 6.07 Å². The van der Waals surface area contributed by atoms with Crippen LogP contribution in [0, 0.1) is 0 Å². The highest BCUT2D eigenvalue weighted by Crippen LogP contribution is 2.13. The fourth-order valence-corrected chi connectivity index (χ4v) is 1.52. The first kappa shape index (κ1) is 7.28. The van der Waals surface area contributed by atoms with Gasteiger partial charge in [-0.05, 0) is 12.5 Å². The third-order valence-electron chi connectivity index (χ3n) is 1.29. The Hall–Kier alpha value is -0.830. The number of carbonyl (C=O) groups is 1. The van der Waals surface area contributed by atoms with Gasteiger partial charge >= 0.3 is 0 Å². The summed E-state index contributed by atoms with van der Waals surface area (Å²) < 4.78 is 0. The van der Waals surface area contributed by atoms with Gasteiger partial charge in [-0.15, -0.1) is 11.3 Å². The fourth-order valence-electron chi connectivity index (χ4n) is 0.695. The van der Waals surface area contributed by atoms with E-state index in [-0.39, 0.29) is 5.91 Å². The van der Waals surface area contributed by atoms with Crippen LogP contribution in [-0.4, -0.2) is 5.91 Å². The highest BCUT2D eigenvalue weighted by Gasteiger charge is 2.01. The molecule has 0 radical (unpaired) electrons. The van der Waals surface area contributed by atoms with Crippen molar-refractivity contribution in [2.24, 2.45) is 5.73 Å². The van der Waals surface area contributed by atoms with Crippen LogP contribution in [0.2, 0.25) is 0 Å². The molecule has 1 amide bonds. The third-order valence-corrected chi connectivity index (χ3v) is 2.37. The number of rotatable bonds is 2. The van der Waals surface area contributed by atoms with E-state index in [1.54, 1.807) is 16.7 Å². The van der Waals surface area contributed by atoms with Gasteiger partial charge in [0.1, 0.15) is 0 Å². The smallest absolute Gasteiger partial charge is 0.249 e. The van der Waals surface area contributed by atoms with Crippen LogP contribution in [0.1, 0.15) is 22.2 Å². The maximum atomic E-state index is 10.6. The van der Waals surface area contributed by atoms with Crippen LogP contribution in [0.5, 0.6) is 0 Å². The van der Waals surface area contributed by atoms with Gasteiger partial charge in [0.05, 0.1) is 5.56 Å². The molecule has 3 heteroatoms. The Balaban J connectivity index is 2.88. The van der Waals surface area contributed by atoms with Crippen molar-refractivity contribution >= 4 is 17.2 Å². The Kier molecular flexibility index (Phi) is 2.06. The molecule has 0 fully saturated rings. The van der Waals surface area contributed by atoms with Crippen LogP contribution in [-0.2, 0) is 6.42 Å². The topological polar surface area (TPSA) is 43.1 Å². The molecule has 10 heavy (non-hydrogen) atoms. The number of nitrogens with two attached hydrogens (primary N) is 1. The molecule has 0 saturated carbocycles. The van der Waals surface area contributed by atoms with Crippen molar-refractivity contribution in [3.05, 3.63) is 21.9 Å². The summed E-state index contributed by atoms with van der Waals surface area (Å²) in [5, 5.41) is 1.79. The van der Waals surface area contributed by atoms with Gasteiger partial charge in [0, 0.05) is 10.3 Å². The zero-order valence-electron chi connectivity index (χ0n) is 5.76. The number of thiophene rings is 1. The summed E-state index contributed by atoms with van der Waals surface area (Å²) in [5.74, 6) is -0.337. The van der Waals surface area contributed by atoms with E-state index in [0.717, 1.165) is 6.42 Å². The molecular weight excluding hydrogens is 146 g/mol. The summed E-state index contributed by atoms with van der Waals surface area (Å²) in [6, 6.07) is 1.84. The quantitative estimate of drug-likeness (QED) is 0.689. The van der Waals surface area contributed by atoms with E-state index in [0.29, 0.717) is 5.56 Å². The van der Waals surface area contributed by atoms with Gasteiger partial charge in [0.25, 0.3) is 0 Å². The molecule has 2 nitrogen and oxygen atoms in total. The lowest BCUT2D eigenvalue weighted by molar-refractivity contribution is 0.100. The molecule has 0 aliphatic carbocycles. The van der Waals surface area contributed by atoms with Gasteiger partial charge in [-0.3, -0.25) is 4.79 Å². The number of primary amides is 1. The van der Waals surface area contributed by atoms with Gasteiger partial charge < -0.3 is 5.73 Å². The lowest BCUT2D eigenvalue weighted by atomic mass is 10.3. The Morgan fingerprint density at radius 1 is 1.80 bits per heavy atom. The SMILES string of the molecule is CCc1cc(C(N)=O)cs1. The number of aryl methyl sites for hydroxylation is 1. The Morgan fingerprint density at radius 2 is 2.50 bits per heavy atom.